The monoisotopic (exact) mass is 632 g/mol. The van der Waals surface area contributed by atoms with Crippen molar-refractivity contribution in [3.05, 3.63) is 0 Å². The van der Waals surface area contributed by atoms with Crippen LogP contribution in [0.25, 0.3) is 0 Å². The number of hydrogen-bond acceptors (Lipinski definition) is 6. The molecule has 3 saturated carbocycles. The molecule has 45 heavy (non-hydrogen) atoms. The van der Waals surface area contributed by atoms with Gasteiger partial charge in [0.2, 0.25) is 17.7 Å². The van der Waals surface area contributed by atoms with Crippen molar-refractivity contribution in [2.45, 2.75) is 155 Å². The number of carbonyl (C=O) groups is 3. The zero-order valence-corrected chi connectivity index (χ0v) is 28.6. The predicted octanol–water partition coefficient (Wildman–Crippen LogP) is 3.71. The van der Waals surface area contributed by atoms with Crippen molar-refractivity contribution in [1.82, 2.24) is 10.6 Å². The van der Waals surface area contributed by atoms with Crippen LogP contribution in [0.4, 0.5) is 0 Å². The maximum atomic E-state index is 13.7. The first-order valence-electron chi connectivity index (χ1n) is 17.5. The maximum Gasteiger partial charge on any atom is 0.481 e. The van der Waals surface area contributed by atoms with Crippen molar-refractivity contribution in [3.63, 3.8) is 0 Å². The Hall–Kier alpha value is -2.34. The molecule has 0 unspecified atom stereocenters. The highest BCUT2D eigenvalue weighted by Gasteiger charge is 2.68. The quantitative estimate of drug-likeness (QED) is 0.0553. The molecule has 11 nitrogen and oxygen atoms in total. The second kappa shape index (κ2) is 17.0. The van der Waals surface area contributed by atoms with Gasteiger partial charge in [0.15, 0.2) is 5.96 Å². The summed E-state index contributed by atoms with van der Waals surface area (Å²) in [5.74, 6) is 0.483. The summed E-state index contributed by atoms with van der Waals surface area (Å²) in [6, 6.07) is -0.701. The summed E-state index contributed by atoms with van der Waals surface area (Å²) in [7, 11) is -0.525. The van der Waals surface area contributed by atoms with Crippen LogP contribution in [0.15, 0.2) is 4.99 Å². The van der Waals surface area contributed by atoms with Gasteiger partial charge in [0.1, 0.15) is 6.04 Å². The summed E-state index contributed by atoms with van der Waals surface area (Å²) in [5.41, 5.74) is 16.0. The lowest BCUT2D eigenvalue weighted by Gasteiger charge is -2.64. The Labute approximate surface area is 271 Å². The zero-order valence-electron chi connectivity index (χ0n) is 28.6. The Morgan fingerprint density at radius 3 is 2.09 bits per heavy atom. The highest BCUT2D eigenvalue weighted by atomic mass is 16.7. The smallest absolute Gasteiger partial charge is 0.404 e. The number of nitrogens with two attached hydrogens (primary N) is 3. The van der Waals surface area contributed by atoms with Crippen LogP contribution < -0.4 is 27.8 Å². The van der Waals surface area contributed by atoms with Crippen molar-refractivity contribution < 1.29 is 23.7 Å². The molecule has 1 heterocycles. The van der Waals surface area contributed by atoms with Gasteiger partial charge in [0.05, 0.1) is 17.6 Å². The number of hydrogen-bond donors (Lipinski definition) is 5. The fourth-order valence-electron chi connectivity index (χ4n) is 7.78. The Bertz CT molecular complexity index is 1020. The van der Waals surface area contributed by atoms with Crippen LogP contribution in [0.3, 0.4) is 0 Å². The molecule has 0 aromatic rings. The van der Waals surface area contributed by atoms with E-state index in [1.165, 1.54) is 6.42 Å². The van der Waals surface area contributed by atoms with Crippen LogP contribution in [0.2, 0.25) is 0 Å². The molecule has 0 aromatic heterocycles. The number of rotatable bonds is 21. The summed E-state index contributed by atoms with van der Waals surface area (Å²) >= 11 is 0. The number of amides is 3. The predicted molar refractivity (Wildman–Crippen MR) is 179 cm³/mol. The molecule has 1 aliphatic heterocycles. The van der Waals surface area contributed by atoms with E-state index < -0.39 is 13.2 Å². The van der Waals surface area contributed by atoms with E-state index in [4.69, 9.17) is 26.5 Å². The second-order valence-corrected chi connectivity index (χ2v) is 14.9. The van der Waals surface area contributed by atoms with Gasteiger partial charge in [0.25, 0.3) is 0 Å². The van der Waals surface area contributed by atoms with Crippen LogP contribution in [-0.2, 0) is 23.7 Å². The molecule has 4 rings (SSSR count). The second-order valence-electron chi connectivity index (χ2n) is 14.9. The van der Waals surface area contributed by atoms with E-state index in [2.05, 4.69) is 50.2 Å². The first kappa shape index (κ1) is 37.1. The molecule has 12 heteroatoms. The minimum atomic E-state index is -0.701. The maximum absolute atomic E-state index is 13.7. The Morgan fingerprint density at radius 2 is 1.51 bits per heavy atom. The first-order chi connectivity index (χ1) is 21.2. The van der Waals surface area contributed by atoms with Gasteiger partial charge in [-0.15, -0.1) is 0 Å². The number of guanidine groups is 1. The molecule has 6 atom stereocenters. The first-order valence-corrected chi connectivity index (χ1v) is 17.5. The molecule has 0 spiro atoms. The highest BCUT2D eigenvalue weighted by Crippen LogP contribution is 2.65. The Balaban J connectivity index is 1.52. The standard InChI is InChI=1S/C33H61BN6O5/c1-22(2)19-27(34-44-26-21-23-20-25(32(23,3)4)33(26,5)45-34)40-30(43)24(15-14-18-38-31(36)37)39-29(42)17-13-11-9-7-6-8-10-12-16-28(35)41/h22-27H,6-21H2,1-5H3,(H2,35,41)(H,39,42)(H,40,43)(H4,36,37,38)/t23-,24-,25-,26+,27-,33-/m0/s1. The van der Waals surface area contributed by atoms with E-state index in [1.54, 1.807) is 0 Å². The summed E-state index contributed by atoms with van der Waals surface area (Å²) in [6.45, 7) is 11.5. The topological polar surface area (TPSA) is 184 Å². The molecule has 4 aliphatic rings. The molecule has 2 bridgehead atoms. The van der Waals surface area contributed by atoms with Crippen molar-refractivity contribution in [2.75, 3.05) is 6.54 Å². The van der Waals surface area contributed by atoms with Gasteiger partial charge in [0, 0.05) is 19.4 Å². The summed E-state index contributed by atoms with van der Waals surface area (Å²) in [5, 5.41) is 6.21. The minimum absolute atomic E-state index is 0.00858. The zero-order chi connectivity index (χ0) is 33.2. The lowest BCUT2D eigenvalue weighted by molar-refractivity contribution is -0.199. The van der Waals surface area contributed by atoms with Crippen molar-refractivity contribution in [2.24, 2.45) is 45.4 Å². The summed E-state index contributed by atoms with van der Waals surface area (Å²) in [4.78, 5) is 41.6. The van der Waals surface area contributed by atoms with E-state index in [1.807, 2.05) is 0 Å². The molecule has 256 valence electrons. The number of aliphatic imine (C=N–C) groups is 1. The van der Waals surface area contributed by atoms with E-state index in [0.29, 0.717) is 56.4 Å². The average Bonchev–Trinajstić information content (AvgIpc) is 3.32. The molecule has 4 fully saturated rings. The van der Waals surface area contributed by atoms with Gasteiger partial charge in [-0.1, -0.05) is 66.2 Å². The number of nitrogens with zero attached hydrogens (tertiary/aromatic N) is 1. The van der Waals surface area contributed by atoms with Crippen LogP contribution in [0.5, 0.6) is 0 Å². The summed E-state index contributed by atoms with van der Waals surface area (Å²) in [6.07, 6.45) is 12.7. The Kier molecular flexibility index (Phi) is 14.0. The van der Waals surface area contributed by atoms with Gasteiger partial charge in [-0.05, 0) is 75.0 Å². The highest BCUT2D eigenvalue weighted by molar-refractivity contribution is 6.48. The Morgan fingerprint density at radius 1 is 0.889 bits per heavy atom. The lowest BCUT2D eigenvalue weighted by Crippen LogP contribution is -2.65. The van der Waals surface area contributed by atoms with E-state index >= 15 is 0 Å². The summed E-state index contributed by atoms with van der Waals surface area (Å²) < 4.78 is 13.3. The van der Waals surface area contributed by atoms with Gasteiger partial charge >= 0.3 is 7.12 Å². The number of primary amides is 1. The van der Waals surface area contributed by atoms with Crippen LogP contribution in [0, 0.1) is 23.2 Å². The number of nitrogens with one attached hydrogen (secondary N) is 2. The fraction of sp³-hybridized carbons (Fsp3) is 0.879. The molecular formula is C33H61BN6O5. The van der Waals surface area contributed by atoms with Gasteiger partial charge in [-0.2, -0.15) is 0 Å². The SMILES string of the molecule is CC(C)C[C@H](NC(=O)[C@H](CCCN=C(N)N)NC(=O)CCCCCCCCCCC(N)=O)B1O[C@@H]2C[C@@H]3C[C@@H](C3(C)C)[C@]2(C)O1. The van der Waals surface area contributed by atoms with Crippen LogP contribution in [-0.4, -0.2) is 61.0 Å². The van der Waals surface area contributed by atoms with Gasteiger partial charge < -0.3 is 37.1 Å². The molecule has 0 radical (unpaired) electrons. The van der Waals surface area contributed by atoms with Crippen molar-refractivity contribution >= 4 is 30.8 Å². The number of carbonyl (C=O) groups excluding carboxylic acids is 3. The molecular weight excluding hydrogens is 571 g/mol. The van der Waals surface area contributed by atoms with Crippen molar-refractivity contribution in [1.29, 1.82) is 0 Å². The molecule has 3 aliphatic carbocycles. The van der Waals surface area contributed by atoms with Crippen molar-refractivity contribution in [3.8, 4) is 0 Å². The largest absolute Gasteiger partial charge is 0.481 e. The van der Waals surface area contributed by atoms with Gasteiger partial charge in [-0.25, -0.2) is 0 Å². The fourth-order valence-corrected chi connectivity index (χ4v) is 7.78. The lowest BCUT2D eigenvalue weighted by atomic mass is 9.43. The third-order valence-electron chi connectivity index (χ3n) is 10.5. The molecule has 0 aromatic carbocycles. The molecule has 3 amide bonds. The van der Waals surface area contributed by atoms with Crippen LogP contribution in [0.1, 0.15) is 131 Å². The molecule has 1 saturated heterocycles. The van der Waals surface area contributed by atoms with E-state index in [-0.39, 0.29) is 46.7 Å². The normalized spacial score (nSPS) is 26.0. The van der Waals surface area contributed by atoms with E-state index in [0.717, 1.165) is 57.8 Å². The van der Waals surface area contributed by atoms with Gasteiger partial charge in [-0.3, -0.25) is 19.4 Å². The van der Waals surface area contributed by atoms with E-state index in [9.17, 15) is 14.4 Å². The molecule has 8 N–H and O–H groups in total. The number of unbranched alkanes of at least 4 members (excludes halogenated alkanes) is 7. The van der Waals surface area contributed by atoms with Crippen LogP contribution >= 0.6 is 0 Å². The third-order valence-corrected chi connectivity index (χ3v) is 10.5. The minimum Gasteiger partial charge on any atom is -0.404 e. The third kappa shape index (κ3) is 10.6. The average molecular weight is 633 g/mol.